The highest BCUT2D eigenvalue weighted by Crippen LogP contribution is 2.34. The Morgan fingerprint density at radius 1 is 1.24 bits per heavy atom. The van der Waals surface area contributed by atoms with Crippen molar-refractivity contribution in [2.45, 2.75) is 50.9 Å². The summed E-state index contributed by atoms with van der Waals surface area (Å²) in [6.07, 6.45) is 4.91. The monoisotopic (exact) mass is 494 g/mol. The van der Waals surface area contributed by atoms with Crippen LogP contribution in [0.2, 0.25) is 0 Å². The summed E-state index contributed by atoms with van der Waals surface area (Å²) in [6.45, 7) is 8.53. The summed E-state index contributed by atoms with van der Waals surface area (Å²) in [5.41, 5.74) is 10.5. The maximum absolute atomic E-state index is 13.3. The normalized spacial score (nSPS) is 21.7. The summed E-state index contributed by atoms with van der Waals surface area (Å²) >= 11 is 1.76. The summed E-state index contributed by atoms with van der Waals surface area (Å²) in [4.78, 5) is 6.26. The van der Waals surface area contributed by atoms with Gasteiger partial charge in [0.2, 0.25) is 0 Å². The lowest BCUT2D eigenvalue weighted by Crippen LogP contribution is -2.37. The highest BCUT2D eigenvalue weighted by molar-refractivity contribution is 7.96. The van der Waals surface area contributed by atoms with E-state index in [1.807, 2.05) is 0 Å². The van der Waals surface area contributed by atoms with Crippen LogP contribution in [-0.4, -0.2) is 60.1 Å². The highest BCUT2D eigenvalue weighted by atomic mass is 32.2. The number of halogens is 3. The van der Waals surface area contributed by atoms with Crippen LogP contribution >= 0.6 is 11.9 Å². The first-order valence-electron chi connectivity index (χ1n) is 11.4. The molecule has 0 spiro atoms. The van der Waals surface area contributed by atoms with E-state index in [1.165, 1.54) is 6.07 Å². The minimum Gasteiger partial charge on any atom is -0.396 e. The van der Waals surface area contributed by atoms with Crippen LogP contribution in [0, 0.1) is 0 Å². The molecule has 1 aromatic rings. The number of benzene rings is 1. The lowest BCUT2D eigenvalue weighted by atomic mass is 10.0. The van der Waals surface area contributed by atoms with E-state index < -0.39 is 11.7 Å². The molecule has 0 amide bonds. The smallest absolute Gasteiger partial charge is 0.396 e. The molecule has 2 aliphatic heterocycles. The van der Waals surface area contributed by atoms with Crippen LogP contribution in [0.1, 0.15) is 43.7 Å². The van der Waals surface area contributed by atoms with E-state index in [9.17, 15) is 13.2 Å². The quantitative estimate of drug-likeness (QED) is 0.237. The van der Waals surface area contributed by atoms with Gasteiger partial charge in [-0.2, -0.15) is 18.3 Å². The van der Waals surface area contributed by atoms with Crippen molar-refractivity contribution in [1.82, 2.24) is 14.6 Å². The SMILES string of the molecule is C=NC(=C\C=N/NC1CCN(SC)CC1)/C(=C(/N)c1cccc(C(F)(F)F)c1)N1CCCC1C. The average Bonchev–Trinajstić information content (AvgIpc) is 3.25. The maximum atomic E-state index is 13.3. The fourth-order valence-corrected chi connectivity index (χ4v) is 4.91. The molecule has 1 aromatic carbocycles. The number of alkyl halides is 3. The number of nitrogens with two attached hydrogens (primary N) is 1. The lowest BCUT2D eigenvalue weighted by Gasteiger charge is -2.29. The van der Waals surface area contributed by atoms with Crippen molar-refractivity contribution in [3.05, 3.63) is 52.9 Å². The van der Waals surface area contributed by atoms with Crippen LogP contribution in [0.4, 0.5) is 13.2 Å². The van der Waals surface area contributed by atoms with E-state index in [-0.39, 0.29) is 11.7 Å². The third-order valence-electron chi connectivity index (χ3n) is 6.29. The third kappa shape index (κ3) is 6.56. The van der Waals surface area contributed by atoms with Gasteiger partial charge in [-0.3, -0.25) is 9.30 Å². The topological polar surface area (TPSA) is 69.2 Å². The molecule has 2 fully saturated rings. The second kappa shape index (κ2) is 11.8. The van der Waals surface area contributed by atoms with E-state index in [4.69, 9.17) is 5.73 Å². The molecule has 3 N–H and O–H groups in total. The van der Waals surface area contributed by atoms with Crippen LogP contribution in [0.15, 0.2) is 51.8 Å². The molecule has 1 unspecified atom stereocenters. The van der Waals surface area contributed by atoms with Crippen LogP contribution in [0.25, 0.3) is 5.70 Å². The van der Waals surface area contributed by atoms with Gasteiger partial charge in [0.15, 0.2) is 0 Å². The molecule has 0 saturated carbocycles. The summed E-state index contributed by atoms with van der Waals surface area (Å²) in [6, 6.07) is 5.56. The molecule has 0 radical (unpaired) electrons. The van der Waals surface area contributed by atoms with Crippen molar-refractivity contribution in [2.24, 2.45) is 15.8 Å². The molecule has 2 aliphatic rings. The van der Waals surface area contributed by atoms with Crippen LogP contribution in [0.5, 0.6) is 0 Å². The van der Waals surface area contributed by atoms with E-state index in [1.54, 1.807) is 30.3 Å². The van der Waals surface area contributed by atoms with Gasteiger partial charge in [-0.25, -0.2) is 0 Å². The molecular formula is C24H33F3N6S. The molecule has 10 heteroatoms. The van der Waals surface area contributed by atoms with Crippen molar-refractivity contribution in [3.8, 4) is 0 Å². The van der Waals surface area contributed by atoms with Gasteiger partial charge in [0, 0.05) is 43.5 Å². The zero-order valence-corrected chi connectivity index (χ0v) is 20.5. The van der Waals surface area contributed by atoms with Gasteiger partial charge in [-0.1, -0.05) is 24.1 Å². The van der Waals surface area contributed by atoms with Gasteiger partial charge in [-0.15, -0.1) is 0 Å². The second-order valence-electron chi connectivity index (χ2n) is 8.53. The Bertz CT molecular complexity index is 935. The Labute approximate surface area is 204 Å². The number of aliphatic imine (C=N–C) groups is 1. The summed E-state index contributed by atoms with van der Waals surface area (Å²) in [5.74, 6) is 0. The minimum absolute atomic E-state index is 0.182. The van der Waals surface area contributed by atoms with Crippen molar-refractivity contribution in [2.75, 3.05) is 25.9 Å². The number of allylic oxidation sites excluding steroid dienone is 1. The molecule has 186 valence electrons. The standard InChI is InChI=1S/C24H33F3N6S/c1-17-6-5-13-33(17)23(22(28)18-7-4-8-19(16-18)24(25,26)27)21(29-2)9-12-30-31-20-10-14-32(34-3)15-11-20/h4,7-9,12,16-17,20,31H,2,5-6,10-11,13-15,28H2,1,3H3/b21-9-,23-22-,30-12-. The van der Waals surface area contributed by atoms with E-state index in [2.05, 4.69) is 44.6 Å². The zero-order chi connectivity index (χ0) is 24.7. The first-order chi connectivity index (χ1) is 16.2. The largest absolute Gasteiger partial charge is 0.416 e. The molecule has 1 atom stereocenters. The summed E-state index contributed by atoms with van der Waals surface area (Å²) in [7, 11) is 0. The maximum Gasteiger partial charge on any atom is 0.416 e. The fraction of sp³-hybridized carbons (Fsp3) is 0.500. The van der Waals surface area contributed by atoms with Crippen molar-refractivity contribution in [3.63, 3.8) is 0 Å². The Kier molecular flexibility index (Phi) is 9.07. The van der Waals surface area contributed by atoms with Gasteiger partial charge >= 0.3 is 6.18 Å². The first kappa shape index (κ1) is 26.2. The number of hydrogen-bond donors (Lipinski definition) is 2. The predicted molar refractivity (Wildman–Crippen MR) is 135 cm³/mol. The van der Waals surface area contributed by atoms with Crippen LogP contribution < -0.4 is 11.2 Å². The third-order valence-corrected chi connectivity index (χ3v) is 7.17. The Morgan fingerprint density at radius 2 is 1.97 bits per heavy atom. The van der Waals surface area contributed by atoms with Gasteiger partial charge in [0.1, 0.15) is 0 Å². The predicted octanol–water partition coefficient (Wildman–Crippen LogP) is 4.72. The number of hydrogen-bond acceptors (Lipinski definition) is 7. The fourth-order valence-electron chi connectivity index (χ4n) is 4.34. The van der Waals surface area contributed by atoms with Gasteiger partial charge in [-0.05, 0) is 63.8 Å². The second-order valence-corrected chi connectivity index (χ2v) is 9.41. The summed E-state index contributed by atoms with van der Waals surface area (Å²) < 4.78 is 42.2. The number of likely N-dealkylation sites (tertiary alicyclic amines) is 1. The van der Waals surface area contributed by atoms with E-state index in [0.29, 0.717) is 23.0 Å². The van der Waals surface area contributed by atoms with Crippen LogP contribution in [0.3, 0.4) is 0 Å². The van der Waals surface area contributed by atoms with Crippen molar-refractivity contribution in [1.29, 1.82) is 0 Å². The van der Waals surface area contributed by atoms with Crippen LogP contribution in [-0.2, 0) is 6.18 Å². The molecule has 2 saturated heterocycles. The molecule has 0 aliphatic carbocycles. The Balaban J connectivity index is 1.87. The molecular weight excluding hydrogens is 461 g/mol. The van der Waals surface area contributed by atoms with Gasteiger partial charge in [0.25, 0.3) is 0 Å². The Morgan fingerprint density at radius 3 is 2.56 bits per heavy atom. The van der Waals surface area contributed by atoms with Crippen molar-refractivity contribution >= 4 is 30.6 Å². The molecule has 6 nitrogen and oxygen atoms in total. The highest BCUT2D eigenvalue weighted by Gasteiger charge is 2.31. The molecule has 0 aromatic heterocycles. The first-order valence-corrected chi connectivity index (χ1v) is 12.6. The number of rotatable bonds is 8. The Hall–Kier alpha value is -2.46. The molecule has 3 rings (SSSR count). The zero-order valence-electron chi connectivity index (χ0n) is 19.7. The van der Waals surface area contributed by atoms with Gasteiger partial charge in [0.05, 0.1) is 22.7 Å². The number of hydrazone groups is 1. The molecule has 34 heavy (non-hydrogen) atoms. The summed E-state index contributed by atoms with van der Waals surface area (Å²) in [5, 5.41) is 4.35. The lowest BCUT2D eigenvalue weighted by molar-refractivity contribution is -0.137. The minimum atomic E-state index is -4.45. The van der Waals surface area contributed by atoms with E-state index >= 15 is 0 Å². The number of nitrogens with one attached hydrogen (secondary N) is 1. The van der Waals surface area contributed by atoms with Gasteiger partial charge < -0.3 is 16.1 Å². The molecule has 0 bridgehead atoms. The van der Waals surface area contributed by atoms with E-state index in [0.717, 1.165) is 57.5 Å². The average molecular weight is 495 g/mol. The molecule has 2 heterocycles. The number of nitrogens with zero attached hydrogens (tertiary/aromatic N) is 4. The van der Waals surface area contributed by atoms with Crippen molar-refractivity contribution < 1.29 is 13.2 Å². The number of piperidine rings is 1.